The lowest BCUT2D eigenvalue weighted by Crippen LogP contribution is -2.49. The molecular formula is C22H22FN5O2. The van der Waals surface area contributed by atoms with Gasteiger partial charge in [-0.1, -0.05) is 35.5 Å². The Morgan fingerprint density at radius 1 is 1.03 bits per heavy atom. The van der Waals surface area contributed by atoms with Crippen LogP contribution >= 0.6 is 0 Å². The van der Waals surface area contributed by atoms with Crippen LogP contribution in [0.4, 0.5) is 10.1 Å². The summed E-state index contributed by atoms with van der Waals surface area (Å²) < 4.78 is 16.0. The number of Topliss-reactive ketones (excluding diaryl/α,β-unsaturated/α-hetero) is 1. The van der Waals surface area contributed by atoms with Gasteiger partial charge < -0.3 is 9.80 Å². The lowest BCUT2D eigenvalue weighted by molar-refractivity contribution is 0.0740. The first-order chi connectivity index (χ1) is 14.5. The number of hydrogen-bond donors (Lipinski definition) is 0. The van der Waals surface area contributed by atoms with Gasteiger partial charge in [-0.25, -0.2) is 9.07 Å². The highest BCUT2D eigenvalue weighted by Crippen LogP contribution is 2.22. The van der Waals surface area contributed by atoms with Crippen LogP contribution in [-0.2, 0) is 6.54 Å². The molecular weight excluding hydrogens is 385 g/mol. The molecule has 1 aromatic heterocycles. The van der Waals surface area contributed by atoms with Gasteiger partial charge in [0.2, 0.25) is 0 Å². The Labute approximate surface area is 173 Å². The predicted octanol–water partition coefficient (Wildman–Crippen LogP) is 2.63. The number of ketones is 1. The van der Waals surface area contributed by atoms with Crippen molar-refractivity contribution in [1.82, 2.24) is 19.9 Å². The van der Waals surface area contributed by atoms with E-state index in [4.69, 9.17) is 0 Å². The molecule has 0 saturated carbocycles. The van der Waals surface area contributed by atoms with E-state index in [1.807, 2.05) is 35.2 Å². The molecule has 0 atom stereocenters. The fraction of sp³-hybridized carbons (Fsp3) is 0.273. The predicted molar refractivity (Wildman–Crippen MR) is 110 cm³/mol. The number of carbonyl (C=O) groups excluding carboxylic acids is 2. The van der Waals surface area contributed by atoms with Crippen molar-refractivity contribution in [3.05, 3.63) is 77.4 Å². The fourth-order valence-corrected chi connectivity index (χ4v) is 3.54. The van der Waals surface area contributed by atoms with Gasteiger partial charge in [-0.2, -0.15) is 0 Å². The van der Waals surface area contributed by atoms with E-state index in [1.54, 1.807) is 27.9 Å². The van der Waals surface area contributed by atoms with Gasteiger partial charge in [0.15, 0.2) is 11.5 Å². The molecule has 4 rings (SSSR count). The first-order valence-corrected chi connectivity index (χ1v) is 9.80. The first kappa shape index (κ1) is 19.8. The number of amides is 1. The molecule has 1 saturated heterocycles. The van der Waals surface area contributed by atoms with Crippen LogP contribution in [0.15, 0.2) is 54.7 Å². The summed E-state index contributed by atoms with van der Waals surface area (Å²) in [4.78, 5) is 27.8. The van der Waals surface area contributed by atoms with E-state index in [0.29, 0.717) is 49.7 Å². The highest BCUT2D eigenvalue weighted by molar-refractivity contribution is 5.94. The van der Waals surface area contributed by atoms with Crippen LogP contribution in [0.1, 0.15) is 33.3 Å². The number of nitrogens with zero attached hydrogens (tertiary/aromatic N) is 5. The summed E-state index contributed by atoms with van der Waals surface area (Å²) in [6.07, 6.45) is 1.65. The minimum atomic E-state index is -0.425. The van der Waals surface area contributed by atoms with Crippen molar-refractivity contribution >= 4 is 17.4 Å². The Kier molecular flexibility index (Phi) is 5.56. The molecule has 30 heavy (non-hydrogen) atoms. The van der Waals surface area contributed by atoms with Crippen LogP contribution in [0, 0.1) is 5.82 Å². The average molecular weight is 407 g/mol. The van der Waals surface area contributed by atoms with Crippen molar-refractivity contribution in [2.75, 3.05) is 31.1 Å². The monoisotopic (exact) mass is 407 g/mol. The number of carbonyl (C=O) groups is 2. The maximum atomic E-state index is 14.4. The van der Waals surface area contributed by atoms with Crippen LogP contribution in [0.3, 0.4) is 0 Å². The topological polar surface area (TPSA) is 71.3 Å². The summed E-state index contributed by atoms with van der Waals surface area (Å²) in [5.41, 5.74) is 2.17. The molecule has 1 amide bonds. The molecule has 1 fully saturated rings. The third kappa shape index (κ3) is 4.22. The van der Waals surface area contributed by atoms with Gasteiger partial charge in [-0.05, 0) is 30.7 Å². The Balaban J connectivity index is 1.37. The molecule has 8 heteroatoms. The lowest BCUT2D eigenvalue weighted by Gasteiger charge is -2.35. The largest absolute Gasteiger partial charge is 0.366 e. The maximum absolute atomic E-state index is 14.4. The third-order valence-corrected chi connectivity index (χ3v) is 5.21. The maximum Gasteiger partial charge on any atom is 0.276 e. The van der Waals surface area contributed by atoms with Crippen molar-refractivity contribution < 1.29 is 14.0 Å². The summed E-state index contributed by atoms with van der Waals surface area (Å²) in [6.45, 7) is 3.87. The first-order valence-electron chi connectivity index (χ1n) is 9.80. The normalized spacial score (nSPS) is 14.1. The number of benzene rings is 2. The summed E-state index contributed by atoms with van der Waals surface area (Å²) in [5.74, 6) is -0.774. The standard InChI is InChI=1S/C22H22FN5O2/c1-16(29)18-7-8-21(19(23)13-18)26-9-11-27(12-10-26)22(30)20-15-28(25-24-20)14-17-5-3-2-4-6-17/h2-8,13,15H,9-12,14H2,1H3. The zero-order valence-corrected chi connectivity index (χ0v) is 16.7. The Hall–Kier alpha value is -3.55. The summed E-state index contributed by atoms with van der Waals surface area (Å²) in [5, 5.41) is 8.08. The van der Waals surface area contributed by atoms with Crippen LogP contribution in [0.2, 0.25) is 0 Å². The van der Waals surface area contributed by atoms with E-state index < -0.39 is 5.82 Å². The molecule has 7 nitrogen and oxygen atoms in total. The average Bonchev–Trinajstić information content (AvgIpc) is 3.22. The van der Waals surface area contributed by atoms with Crippen molar-refractivity contribution in [2.45, 2.75) is 13.5 Å². The second-order valence-corrected chi connectivity index (χ2v) is 7.29. The van der Waals surface area contributed by atoms with E-state index in [9.17, 15) is 14.0 Å². The Morgan fingerprint density at radius 2 is 1.77 bits per heavy atom. The van der Waals surface area contributed by atoms with Crippen LogP contribution in [0.25, 0.3) is 0 Å². The van der Waals surface area contributed by atoms with Crippen LogP contribution < -0.4 is 4.90 Å². The Morgan fingerprint density at radius 3 is 2.43 bits per heavy atom. The zero-order valence-electron chi connectivity index (χ0n) is 16.7. The molecule has 0 bridgehead atoms. The molecule has 0 aliphatic carbocycles. The minimum absolute atomic E-state index is 0.170. The van der Waals surface area contributed by atoms with Crippen LogP contribution in [0.5, 0.6) is 0 Å². The minimum Gasteiger partial charge on any atom is -0.366 e. The second kappa shape index (κ2) is 8.44. The summed E-state index contributed by atoms with van der Waals surface area (Å²) in [7, 11) is 0. The van der Waals surface area contributed by atoms with Crippen LogP contribution in [-0.4, -0.2) is 57.8 Å². The molecule has 0 radical (unpaired) electrons. The number of anilines is 1. The molecule has 0 spiro atoms. The van der Waals surface area contributed by atoms with Gasteiger partial charge in [-0.3, -0.25) is 9.59 Å². The molecule has 1 aliphatic rings. The quantitative estimate of drug-likeness (QED) is 0.608. The number of halogens is 1. The van der Waals surface area contributed by atoms with Crippen molar-refractivity contribution in [3.8, 4) is 0 Å². The van der Waals surface area contributed by atoms with E-state index in [2.05, 4.69) is 10.3 Å². The highest BCUT2D eigenvalue weighted by Gasteiger charge is 2.25. The smallest absolute Gasteiger partial charge is 0.276 e. The van der Waals surface area contributed by atoms with Crippen molar-refractivity contribution in [3.63, 3.8) is 0 Å². The second-order valence-electron chi connectivity index (χ2n) is 7.29. The molecule has 2 heterocycles. The van der Waals surface area contributed by atoms with Gasteiger partial charge in [0.1, 0.15) is 5.82 Å². The SMILES string of the molecule is CC(=O)c1ccc(N2CCN(C(=O)c3cn(Cc4ccccc4)nn3)CC2)c(F)c1. The van der Waals surface area contributed by atoms with Gasteiger partial charge in [0.05, 0.1) is 18.4 Å². The van der Waals surface area contributed by atoms with Gasteiger partial charge >= 0.3 is 0 Å². The van der Waals surface area contributed by atoms with E-state index in [0.717, 1.165) is 5.56 Å². The van der Waals surface area contributed by atoms with E-state index >= 15 is 0 Å². The highest BCUT2D eigenvalue weighted by atomic mass is 19.1. The number of rotatable bonds is 5. The molecule has 1 aliphatic heterocycles. The third-order valence-electron chi connectivity index (χ3n) is 5.21. The zero-order chi connectivity index (χ0) is 21.1. The van der Waals surface area contributed by atoms with Gasteiger partial charge in [-0.15, -0.1) is 5.10 Å². The van der Waals surface area contributed by atoms with Gasteiger partial charge in [0.25, 0.3) is 5.91 Å². The van der Waals surface area contributed by atoms with Gasteiger partial charge in [0, 0.05) is 31.7 Å². The van der Waals surface area contributed by atoms with E-state index in [-0.39, 0.29) is 11.7 Å². The van der Waals surface area contributed by atoms with E-state index in [1.165, 1.54) is 13.0 Å². The number of aromatic nitrogens is 3. The Bertz CT molecular complexity index is 1060. The fourth-order valence-electron chi connectivity index (χ4n) is 3.54. The van der Waals surface area contributed by atoms with Crippen molar-refractivity contribution in [2.24, 2.45) is 0 Å². The molecule has 0 unspecified atom stereocenters. The molecule has 2 aromatic carbocycles. The molecule has 3 aromatic rings. The summed E-state index contributed by atoms with van der Waals surface area (Å²) in [6, 6.07) is 14.4. The number of piperazine rings is 1. The summed E-state index contributed by atoms with van der Waals surface area (Å²) >= 11 is 0. The molecule has 154 valence electrons. The molecule has 0 N–H and O–H groups in total. The number of hydrogen-bond acceptors (Lipinski definition) is 5. The lowest BCUT2D eigenvalue weighted by atomic mass is 10.1. The van der Waals surface area contributed by atoms with Crippen molar-refractivity contribution in [1.29, 1.82) is 0 Å².